The number of nitrogens with two attached hydrogens (primary N) is 1. The van der Waals surface area contributed by atoms with Gasteiger partial charge in [0.1, 0.15) is 0 Å². The van der Waals surface area contributed by atoms with Crippen LogP contribution in [0.1, 0.15) is 5.56 Å². The van der Waals surface area contributed by atoms with Gasteiger partial charge in [0.25, 0.3) is 0 Å². The number of nitrogen functional groups attached to an aromatic ring is 1. The second-order valence-corrected chi connectivity index (χ2v) is 1.60. The molecular formula is C6H7N2W-. The van der Waals surface area contributed by atoms with E-state index in [0.717, 1.165) is 5.56 Å². The summed E-state index contributed by atoms with van der Waals surface area (Å²) in [7, 11) is 0. The second kappa shape index (κ2) is 3.62. The van der Waals surface area contributed by atoms with Crippen molar-refractivity contribution in [2.24, 2.45) is 0 Å². The predicted molar refractivity (Wildman–Crippen MR) is 32.2 cm³/mol. The molecule has 0 radical (unpaired) electrons. The Hall–Kier alpha value is -0.362. The number of aromatic nitrogens is 1. The van der Waals surface area contributed by atoms with Gasteiger partial charge in [-0.25, -0.2) is 0 Å². The van der Waals surface area contributed by atoms with Gasteiger partial charge in [0, 0.05) is 26.9 Å². The SMILES string of the molecule is Cc1[c-]ccnc1N.[W]. The van der Waals surface area contributed by atoms with Gasteiger partial charge in [-0.2, -0.15) is 12.1 Å². The molecule has 0 amide bonds. The van der Waals surface area contributed by atoms with Gasteiger partial charge >= 0.3 is 0 Å². The van der Waals surface area contributed by atoms with Crippen molar-refractivity contribution in [2.45, 2.75) is 6.92 Å². The average Bonchev–Trinajstić information content (AvgIpc) is 1.77. The van der Waals surface area contributed by atoms with E-state index in [1.807, 2.05) is 6.92 Å². The summed E-state index contributed by atoms with van der Waals surface area (Å²) in [6, 6.07) is 4.65. The molecule has 0 aliphatic carbocycles. The van der Waals surface area contributed by atoms with E-state index >= 15 is 0 Å². The van der Waals surface area contributed by atoms with E-state index in [2.05, 4.69) is 11.1 Å². The maximum atomic E-state index is 5.38. The molecule has 9 heavy (non-hydrogen) atoms. The van der Waals surface area contributed by atoms with Crippen LogP contribution in [-0.4, -0.2) is 4.98 Å². The molecule has 3 heteroatoms. The first-order chi connectivity index (χ1) is 3.80. The van der Waals surface area contributed by atoms with E-state index in [1.165, 1.54) is 0 Å². The Morgan fingerprint density at radius 3 is 2.67 bits per heavy atom. The van der Waals surface area contributed by atoms with Crippen LogP contribution in [0, 0.1) is 13.0 Å². The molecule has 0 aromatic carbocycles. The van der Waals surface area contributed by atoms with Gasteiger partial charge in [0.2, 0.25) is 0 Å². The molecule has 0 spiro atoms. The zero-order chi connectivity index (χ0) is 5.98. The Bertz CT molecular complexity index is 167. The largest absolute Gasteiger partial charge is 0.435 e. The molecule has 0 fully saturated rings. The molecule has 0 saturated heterocycles. The fourth-order valence-electron chi connectivity index (χ4n) is 0.451. The summed E-state index contributed by atoms with van der Waals surface area (Å²) in [4.78, 5) is 3.83. The summed E-state index contributed by atoms with van der Waals surface area (Å²) in [6.07, 6.45) is 1.63. The van der Waals surface area contributed by atoms with Crippen LogP contribution in [0.5, 0.6) is 0 Å². The first kappa shape index (κ1) is 8.64. The number of anilines is 1. The summed E-state index contributed by atoms with van der Waals surface area (Å²) < 4.78 is 0. The summed E-state index contributed by atoms with van der Waals surface area (Å²) in [6.45, 7) is 1.88. The molecule has 0 aliphatic rings. The summed E-state index contributed by atoms with van der Waals surface area (Å²) >= 11 is 0. The van der Waals surface area contributed by atoms with Crippen molar-refractivity contribution in [1.29, 1.82) is 0 Å². The van der Waals surface area contributed by atoms with Gasteiger partial charge in [-0.15, -0.1) is 5.56 Å². The Kier molecular flexibility index (Phi) is 3.48. The third-order valence-electron chi connectivity index (χ3n) is 0.972. The first-order valence-corrected chi connectivity index (χ1v) is 2.39. The Labute approximate surface area is 68.7 Å². The molecular weight excluding hydrogens is 284 g/mol. The maximum absolute atomic E-state index is 5.38. The molecule has 2 nitrogen and oxygen atoms in total. The van der Waals surface area contributed by atoms with Crippen LogP contribution in [0.2, 0.25) is 0 Å². The minimum Gasteiger partial charge on any atom is -0.435 e. The average molecular weight is 291 g/mol. The quantitative estimate of drug-likeness (QED) is 0.717. The van der Waals surface area contributed by atoms with Crippen LogP contribution in [0.15, 0.2) is 12.3 Å². The predicted octanol–water partition coefficient (Wildman–Crippen LogP) is 0.770. The van der Waals surface area contributed by atoms with Gasteiger partial charge in [-0.1, -0.05) is 13.1 Å². The van der Waals surface area contributed by atoms with Crippen molar-refractivity contribution >= 4 is 5.82 Å². The van der Waals surface area contributed by atoms with Crippen LogP contribution >= 0.6 is 0 Å². The first-order valence-electron chi connectivity index (χ1n) is 2.39. The molecule has 2 N–H and O–H groups in total. The third kappa shape index (κ3) is 2.15. The van der Waals surface area contributed by atoms with E-state index in [9.17, 15) is 0 Å². The van der Waals surface area contributed by atoms with Crippen molar-refractivity contribution in [3.8, 4) is 0 Å². The van der Waals surface area contributed by atoms with Gasteiger partial charge in [-0.3, -0.25) is 0 Å². The molecule has 0 saturated carbocycles. The van der Waals surface area contributed by atoms with E-state index in [0.29, 0.717) is 5.82 Å². The second-order valence-electron chi connectivity index (χ2n) is 1.60. The van der Waals surface area contributed by atoms with E-state index in [1.54, 1.807) is 12.3 Å². The van der Waals surface area contributed by atoms with Gasteiger partial charge in [0.05, 0.1) is 0 Å². The van der Waals surface area contributed by atoms with E-state index in [-0.39, 0.29) is 21.1 Å². The van der Waals surface area contributed by atoms with Crippen molar-refractivity contribution in [3.05, 3.63) is 23.9 Å². The number of pyridine rings is 1. The minimum absolute atomic E-state index is 0. The van der Waals surface area contributed by atoms with E-state index < -0.39 is 0 Å². The maximum Gasteiger partial charge on any atom is 0.0118 e. The Morgan fingerprint density at radius 2 is 2.33 bits per heavy atom. The minimum atomic E-state index is 0. The van der Waals surface area contributed by atoms with Crippen LogP contribution in [0.4, 0.5) is 5.82 Å². The fourth-order valence-corrected chi connectivity index (χ4v) is 0.451. The zero-order valence-electron chi connectivity index (χ0n) is 5.09. The van der Waals surface area contributed by atoms with Crippen molar-refractivity contribution in [1.82, 2.24) is 4.98 Å². The van der Waals surface area contributed by atoms with Gasteiger partial charge < -0.3 is 10.7 Å². The van der Waals surface area contributed by atoms with Crippen molar-refractivity contribution in [2.75, 3.05) is 5.73 Å². The number of aryl methyl sites for hydroxylation is 1. The molecule has 48 valence electrons. The smallest absolute Gasteiger partial charge is 0.0118 e. The molecule has 0 unspecified atom stereocenters. The number of hydrogen-bond donors (Lipinski definition) is 1. The summed E-state index contributed by atoms with van der Waals surface area (Å²) in [5, 5.41) is 0. The Morgan fingerprint density at radius 1 is 1.67 bits per heavy atom. The molecule has 1 rings (SSSR count). The molecule has 0 bridgehead atoms. The standard InChI is InChI=1S/C6H7N2.W/c1-5-3-2-4-8-6(5)7;/h2,4H,1H3,(H2,7,8);/q-1;. The summed E-state index contributed by atoms with van der Waals surface area (Å²) in [5.41, 5.74) is 6.29. The number of nitrogens with zero attached hydrogens (tertiary/aromatic N) is 1. The molecule has 0 atom stereocenters. The van der Waals surface area contributed by atoms with Crippen LogP contribution < -0.4 is 5.73 Å². The summed E-state index contributed by atoms with van der Waals surface area (Å²) in [5.74, 6) is 0.563. The van der Waals surface area contributed by atoms with Gasteiger partial charge in [0.15, 0.2) is 0 Å². The van der Waals surface area contributed by atoms with Crippen LogP contribution in [-0.2, 0) is 21.1 Å². The molecule has 0 aliphatic heterocycles. The molecule has 1 heterocycles. The monoisotopic (exact) mass is 291 g/mol. The fraction of sp³-hybridized carbons (Fsp3) is 0.167. The topological polar surface area (TPSA) is 38.9 Å². The molecule has 1 aromatic rings. The number of hydrogen-bond acceptors (Lipinski definition) is 2. The normalized spacial score (nSPS) is 8.11. The third-order valence-corrected chi connectivity index (χ3v) is 0.972. The van der Waals surface area contributed by atoms with Crippen LogP contribution in [0.3, 0.4) is 0 Å². The molecule has 1 aromatic heterocycles. The van der Waals surface area contributed by atoms with Crippen LogP contribution in [0.25, 0.3) is 0 Å². The van der Waals surface area contributed by atoms with Crippen molar-refractivity contribution < 1.29 is 21.1 Å². The van der Waals surface area contributed by atoms with Gasteiger partial charge in [-0.05, 0) is 0 Å². The zero-order valence-corrected chi connectivity index (χ0v) is 8.02. The van der Waals surface area contributed by atoms with Crippen molar-refractivity contribution in [3.63, 3.8) is 0 Å². The van der Waals surface area contributed by atoms with E-state index in [4.69, 9.17) is 5.73 Å². The number of rotatable bonds is 0. The Balaban J connectivity index is 0.000000640.